The van der Waals surface area contributed by atoms with Crippen molar-refractivity contribution in [1.29, 1.82) is 0 Å². The van der Waals surface area contributed by atoms with Crippen LogP contribution in [0.4, 0.5) is 24.7 Å². The molecule has 3 N–H and O–H groups in total. The first kappa shape index (κ1) is 12.9. The topological polar surface area (TPSA) is 68.0 Å². The molecule has 1 amide bonds. The van der Waals surface area contributed by atoms with Gasteiger partial charge in [0.05, 0.1) is 11.3 Å². The normalized spacial score (nSPS) is 10.3. The molecule has 0 spiro atoms. The van der Waals surface area contributed by atoms with Gasteiger partial charge in [-0.2, -0.15) is 0 Å². The summed E-state index contributed by atoms with van der Waals surface area (Å²) >= 11 is 0. The summed E-state index contributed by atoms with van der Waals surface area (Å²) < 4.78 is 39.1. The zero-order chi connectivity index (χ0) is 14.0. The van der Waals surface area contributed by atoms with Crippen molar-refractivity contribution in [2.75, 3.05) is 11.1 Å². The lowest BCUT2D eigenvalue weighted by Crippen LogP contribution is -2.17. The lowest BCUT2D eigenvalue weighted by atomic mass is 10.2. The maximum absolute atomic E-state index is 13.4. The Morgan fingerprint density at radius 3 is 2.58 bits per heavy atom. The van der Waals surface area contributed by atoms with Crippen molar-refractivity contribution in [3.63, 3.8) is 0 Å². The molecule has 2 aromatic rings. The van der Waals surface area contributed by atoms with Crippen LogP contribution in [0.15, 0.2) is 30.5 Å². The number of halogens is 3. The Hall–Kier alpha value is -2.57. The molecule has 0 bridgehead atoms. The number of rotatable bonds is 2. The second kappa shape index (κ2) is 4.97. The fourth-order valence-electron chi connectivity index (χ4n) is 1.40. The maximum Gasteiger partial charge on any atom is 0.259 e. The summed E-state index contributed by atoms with van der Waals surface area (Å²) in [5.74, 6) is -5.60. The minimum Gasteiger partial charge on any atom is -0.396 e. The number of benzene rings is 1. The van der Waals surface area contributed by atoms with Crippen molar-refractivity contribution < 1.29 is 18.0 Å². The number of hydrogen-bond acceptors (Lipinski definition) is 3. The summed E-state index contributed by atoms with van der Waals surface area (Å²) in [6.07, 6.45) is 1.37. The maximum atomic E-state index is 13.4. The lowest BCUT2D eigenvalue weighted by molar-refractivity contribution is 0.102. The Balaban J connectivity index is 2.31. The second-order valence-corrected chi connectivity index (χ2v) is 3.62. The molecular weight excluding hydrogens is 259 g/mol. The third-order valence-electron chi connectivity index (χ3n) is 2.35. The monoisotopic (exact) mass is 267 g/mol. The van der Waals surface area contributed by atoms with Gasteiger partial charge in [0.15, 0.2) is 23.3 Å². The first-order chi connectivity index (χ1) is 9.00. The molecule has 98 valence electrons. The third kappa shape index (κ3) is 2.49. The minimum absolute atomic E-state index is 0.0108. The fourth-order valence-corrected chi connectivity index (χ4v) is 1.40. The number of anilines is 2. The fraction of sp³-hybridized carbons (Fsp3) is 0. The molecule has 0 aliphatic heterocycles. The highest BCUT2D eigenvalue weighted by molar-refractivity contribution is 6.05. The van der Waals surface area contributed by atoms with Crippen LogP contribution in [0.1, 0.15) is 10.4 Å². The molecule has 0 unspecified atom stereocenters. The zero-order valence-corrected chi connectivity index (χ0v) is 9.45. The largest absolute Gasteiger partial charge is 0.396 e. The van der Waals surface area contributed by atoms with Crippen molar-refractivity contribution >= 4 is 17.4 Å². The van der Waals surface area contributed by atoms with Crippen LogP contribution in [0.25, 0.3) is 0 Å². The molecule has 1 heterocycles. The Kier molecular flexibility index (Phi) is 3.37. The van der Waals surface area contributed by atoms with Gasteiger partial charge < -0.3 is 11.1 Å². The molecule has 0 fully saturated rings. The van der Waals surface area contributed by atoms with E-state index in [1.807, 2.05) is 0 Å². The van der Waals surface area contributed by atoms with Gasteiger partial charge in [-0.3, -0.25) is 4.79 Å². The molecule has 0 aliphatic rings. The van der Waals surface area contributed by atoms with Gasteiger partial charge in [-0.1, -0.05) is 0 Å². The Morgan fingerprint density at radius 2 is 1.89 bits per heavy atom. The standard InChI is InChI=1S/C12H8F3N3O/c13-7-4-3-6(9(14)10(7)15)12(19)18-11-8(16)2-1-5-17-11/h1-5H,16H2,(H,17,18,19). The van der Waals surface area contributed by atoms with Crippen molar-refractivity contribution in [1.82, 2.24) is 4.98 Å². The van der Waals surface area contributed by atoms with Gasteiger partial charge >= 0.3 is 0 Å². The van der Waals surface area contributed by atoms with E-state index >= 15 is 0 Å². The molecule has 4 nitrogen and oxygen atoms in total. The number of nitrogens with zero attached hydrogens (tertiary/aromatic N) is 1. The third-order valence-corrected chi connectivity index (χ3v) is 2.35. The number of aromatic nitrogens is 1. The van der Waals surface area contributed by atoms with Gasteiger partial charge in [-0.05, 0) is 24.3 Å². The number of amides is 1. The predicted octanol–water partition coefficient (Wildman–Crippen LogP) is 2.33. The van der Waals surface area contributed by atoms with Crippen molar-refractivity contribution in [2.45, 2.75) is 0 Å². The molecule has 0 saturated heterocycles. The van der Waals surface area contributed by atoms with Crippen LogP contribution in [-0.2, 0) is 0 Å². The van der Waals surface area contributed by atoms with Crippen LogP contribution >= 0.6 is 0 Å². The van der Waals surface area contributed by atoms with Crippen LogP contribution in [0.2, 0.25) is 0 Å². The average Bonchev–Trinajstić information content (AvgIpc) is 2.39. The van der Waals surface area contributed by atoms with Gasteiger partial charge in [0.1, 0.15) is 0 Å². The van der Waals surface area contributed by atoms with E-state index in [4.69, 9.17) is 5.73 Å². The minimum atomic E-state index is -1.71. The van der Waals surface area contributed by atoms with Crippen molar-refractivity contribution in [2.24, 2.45) is 0 Å². The lowest BCUT2D eigenvalue weighted by Gasteiger charge is -2.07. The van der Waals surface area contributed by atoms with Crippen LogP contribution in [0, 0.1) is 17.5 Å². The van der Waals surface area contributed by atoms with E-state index in [-0.39, 0.29) is 11.5 Å². The van der Waals surface area contributed by atoms with E-state index in [1.165, 1.54) is 12.3 Å². The number of carbonyl (C=O) groups excluding carboxylic acids is 1. The van der Waals surface area contributed by atoms with Crippen LogP contribution in [-0.4, -0.2) is 10.9 Å². The summed E-state index contributed by atoms with van der Waals surface area (Å²) in [6.45, 7) is 0. The number of pyridine rings is 1. The van der Waals surface area contributed by atoms with Gasteiger partial charge in [0.25, 0.3) is 5.91 Å². The molecule has 1 aromatic heterocycles. The summed E-state index contributed by atoms with van der Waals surface area (Å²) in [5.41, 5.74) is 5.06. The Labute approximate surface area is 106 Å². The Morgan fingerprint density at radius 1 is 1.16 bits per heavy atom. The van der Waals surface area contributed by atoms with Crippen LogP contribution < -0.4 is 11.1 Å². The number of nitrogen functional groups attached to an aromatic ring is 1. The molecule has 2 rings (SSSR count). The van der Waals surface area contributed by atoms with E-state index in [0.29, 0.717) is 6.07 Å². The van der Waals surface area contributed by atoms with E-state index < -0.39 is 28.9 Å². The highest BCUT2D eigenvalue weighted by atomic mass is 19.2. The highest BCUT2D eigenvalue weighted by Crippen LogP contribution is 2.18. The number of carbonyl (C=O) groups is 1. The SMILES string of the molecule is Nc1cccnc1NC(=O)c1ccc(F)c(F)c1F. The molecule has 7 heteroatoms. The number of nitrogens with one attached hydrogen (secondary N) is 1. The second-order valence-electron chi connectivity index (χ2n) is 3.62. The van der Waals surface area contributed by atoms with Crippen molar-refractivity contribution in [3.05, 3.63) is 53.5 Å². The summed E-state index contributed by atoms with van der Waals surface area (Å²) in [5, 5.41) is 2.21. The first-order valence-electron chi connectivity index (χ1n) is 5.16. The molecule has 0 aliphatic carbocycles. The zero-order valence-electron chi connectivity index (χ0n) is 9.45. The van der Waals surface area contributed by atoms with Crippen molar-refractivity contribution in [3.8, 4) is 0 Å². The molecule has 0 radical (unpaired) electrons. The summed E-state index contributed by atoms with van der Waals surface area (Å²) in [4.78, 5) is 15.5. The number of hydrogen-bond donors (Lipinski definition) is 2. The number of nitrogens with two attached hydrogens (primary N) is 1. The van der Waals surface area contributed by atoms with Gasteiger partial charge in [0.2, 0.25) is 0 Å². The smallest absolute Gasteiger partial charge is 0.259 e. The quantitative estimate of drug-likeness (QED) is 0.820. The van der Waals surface area contributed by atoms with Gasteiger partial charge in [-0.15, -0.1) is 0 Å². The summed E-state index contributed by atoms with van der Waals surface area (Å²) in [6, 6.07) is 4.52. The molecule has 0 atom stereocenters. The molecular formula is C12H8F3N3O. The highest BCUT2D eigenvalue weighted by Gasteiger charge is 2.19. The van der Waals surface area contributed by atoms with Gasteiger partial charge in [-0.25, -0.2) is 18.2 Å². The first-order valence-corrected chi connectivity index (χ1v) is 5.16. The Bertz CT molecular complexity index is 646. The van der Waals surface area contributed by atoms with E-state index in [9.17, 15) is 18.0 Å². The van der Waals surface area contributed by atoms with Crippen LogP contribution in [0.3, 0.4) is 0 Å². The van der Waals surface area contributed by atoms with Gasteiger partial charge in [0, 0.05) is 6.20 Å². The predicted molar refractivity (Wildman–Crippen MR) is 62.9 cm³/mol. The average molecular weight is 267 g/mol. The molecule has 0 saturated carbocycles. The van der Waals surface area contributed by atoms with E-state index in [2.05, 4.69) is 10.3 Å². The molecule has 1 aromatic carbocycles. The summed E-state index contributed by atoms with van der Waals surface area (Å²) in [7, 11) is 0. The molecule has 19 heavy (non-hydrogen) atoms. The van der Waals surface area contributed by atoms with E-state index in [0.717, 1.165) is 6.07 Å². The van der Waals surface area contributed by atoms with E-state index in [1.54, 1.807) is 6.07 Å². The van der Waals surface area contributed by atoms with Crippen LogP contribution in [0.5, 0.6) is 0 Å².